The van der Waals surface area contributed by atoms with Gasteiger partial charge in [0.1, 0.15) is 0 Å². The summed E-state index contributed by atoms with van der Waals surface area (Å²) in [5, 5.41) is 29.5. The maximum atomic E-state index is 11.6. The van der Waals surface area contributed by atoms with E-state index in [9.17, 15) is 28.4 Å². The van der Waals surface area contributed by atoms with Gasteiger partial charge in [0.05, 0.1) is 35.1 Å². The molecule has 2 N–H and O–H groups in total. The highest BCUT2D eigenvalue weighted by Gasteiger charge is 2.40. The molecule has 1 saturated heterocycles. The lowest BCUT2D eigenvalue weighted by Crippen LogP contribution is -2.45. The Morgan fingerprint density at radius 2 is 1.91 bits per heavy atom. The van der Waals surface area contributed by atoms with Gasteiger partial charge in [0.25, 0.3) is 5.69 Å². The van der Waals surface area contributed by atoms with Crippen LogP contribution in [0.15, 0.2) is 24.3 Å². The SMILES string of the molecule is O=C(O)CN(Cc1ccc([N+](=O)[O-])cc1)[C@H]1CS(=O)(=O)C[C@@H]1O. The fourth-order valence-electron chi connectivity index (χ4n) is 2.58. The molecule has 1 aromatic rings. The van der Waals surface area contributed by atoms with Crippen molar-refractivity contribution in [2.75, 3.05) is 18.1 Å². The molecule has 0 unspecified atom stereocenters. The van der Waals surface area contributed by atoms with Gasteiger partial charge in [-0.05, 0) is 5.56 Å². The van der Waals surface area contributed by atoms with E-state index in [4.69, 9.17) is 5.11 Å². The van der Waals surface area contributed by atoms with Gasteiger partial charge in [-0.2, -0.15) is 0 Å². The largest absolute Gasteiger partial charge is 0.480 e. The zero-order valence-electron chi connectivity index (χ0n) is 12.0. The summed E-state index contributed by atoms with van der Waals surface area (Å²) in [5.74, 6) is -1.86. The van der Waals surface area contributed by atoms with Crippen LogP contribution in [0.2, 0.25) is 0 Å². The molecule has 0 saturated carbocycles. The average molecular weight is 344 g/mol. The van der Waals surface area contributed by atoms with Gasteiger partial charge in [0, 0.05) is 18.7 Å². The van der Waals surface area contributed by atoms with Gasteiger partial charge in [-0.1, -0.05) is 12.1 Å². The number of nitro benzene ring substituents is 1. The lowest BCUT2D eigenvalue weighted by atomic mass is 10.1. The molecule has 0 spiro atoms. The molecular formula is C13H16N2O7S. The Balaban J connectivity index is 2.19. The molecule has 23 heavy (non-hydrogen) atoms. The second kappa shape index (κ2) is 6.60. The van der Waals surface area contributed by atoms with Gasteiger partial charge in [-0.25, -0.2) is 8.42 Å². The maximum Gasteiger partial charge on any atom is 0.317 e. The summed E-state index contributed by atoms with van der Waals surface area (Å²) in [6.07, 6.45) is -1.16. The summed E-state index contributed by atoms with van der Waals surface area (Å²) in [7, 11) is -3.41. The maximum absolute atomic E-state index is 11.6. The molecule has 1 fully saturated rings. The van der Waals surface area contributed by atoms with Crippen molar-refractivity contribution in [1.82, 2.24) is 4.90 Å². The average Bonchev–Trinajstić information content (AvgIpc) is 2.71. The second-order valence-electron chi connectivity index (χ2n) is 5.43. The van der Waals surface area contributed by atoms with E-state index in [0.29, 0.717) is 5.56 Å². The van der Waals surface area contributed by atoms with Crippen LogP contribution in [-0.2, 0) is 21.2 Å². The van der Waals surface area contributed by atoms with Crippen LogP contribution in [0.5, 0.6) is 0 Å². The Kier molecular flexibility index (Phi) is 4.97. The van der Waals surface area contributed by atoms with Gasteiger partial charge < -0.3 is 10.2 Å². The lowest BCUT2D eigenvalue weighted by molar-refractivity contribution is -0.384. The van der Waals surface area contributed by atoms with Crippen molar-refractivity contribution in [3.05, 3.63) is 39.9 Å². The Morgan fingerprint density at radius 3 is 2.35 bits per heavy atom. The summed E-state index contributed by atoms with van der Waals surface area (Å²) < 4.78 is 23.2. The molecule has 1 aliphatic rings. The van der Waals surface area contributed by atoms with E-state index < -0.39 is 45.2 Å². The molecule has 126 valence electrons. The first-order valence-electron chi connectivity index (χ1n) is 6.75. The molecule has 0 bridgehead atoms. The molecule has 2 atom stereocenters. The topological polar surface area (TPSA) is 138 Å². The number of rotatable bonds is 6. The molecule has 1 heterocycles. The Hall–Kier alpha value is -2.04. The van der Waals surface area contributed by atoms with Crippen molar-refractivity contribution in [1.29, 1.82) is 0 Å². The fraction of sp³-hybridized carbons (Fsp3) is 0.462. The minimum Gasteiger partial charge on any atom is -0.480 e. The summed E-state index contributed by atoms with van der Waals surface area (Å²) in [6.45, 7) is -0.365. The molecule has 10 heteroatoms. The number of nitro groups is 1. The number of aliphatic carboxylic acids is 1. The van der Waals surface area contributed by atoms with Crippen molar-refractivity contribution >= 4 is 21.5 Å². The fourth-order valence-corrected chi connectivity index (χ4v) is 4.41. The molecular weight excluding hydrogens is 328 g/mol. The number of carboxylic acids is 1. The van der Waals surface area contributed by atoms with E-state index in [0.717, 1.165) is 0 Å². The molecule has 1 aliphatic heterocycles. The van der Waals surface area contributed by atoms with Crippen molar-refractivity contribution in [3.63, 3.8) is 0 Å². The van der Waals surface area contributed by atoms with Gasteiger partial charge >= 0.3 is 5.97 Å². The van der Waals surface area contributed by atoms with Crippen molar-refractivity contribution in [2.24, 2.45) is 0 Å². The number of carbonyl (C=O) groups is 1. The highest BCUT2D eigenvalue weighted by atomic mass is 32.2. The molecule has 0 amide bonds. The molecule has 9 nitrogen and oxygen atoms in total. The van der Waals surface area contributed by atoms with E-state index in [1.54, 1.807) is 0 Å². The number of carboxylic acid groups (broad SMARTS) is 1. The van der Waals surface area contributed by atoms with E-state index in [-0.39, 0.29) is 18.0 Å². The quantitative estimate of drug-likeness (QED) is 0.527. The minimum absolute atomic E-state index is 0.0710. The van der Waals surface area contributed by atoms with Crippen molar-refractivity contribution in [3.8, 4) is 0 Å². The van der Waals surface area contributed by atoms with Crippen LogP contribution < -0.4 is 0 Å². The van der Waals surface area contributed by atoms with E-state index in [2.05, 4.69) is 0 Å². The Morgan fingerprint density at radius 1 is 1.30 bits per heavy atom. The van der Waals surface area contributed by atoms with Crippen LogP contribution in [0.25, 0.3) is 0 Å². The highest BCUT2D eigenvalue weighted by Crippen LogP contribution is 2.21. The van der Waals surface area contributed by atoms with Gasteiger partial charge in [0.15, 0.2) is 9.84 Å². The van der Waals surface area contributed by atoms with Crippen molar-refractivity contribution in [2.45, 2.75) is 18.7 Å². The van der Waals surface area contributed by atoms with Crippen LogP contribution >= 0.6 is 0 Å². The molecule has 0 aliphatic carbocycles. The normalized spacial score (nSPS) is 23.0. The van der Waals surface area contributed by atoms with Crippen LogP contribution in [0.4, 0.5) is 5.69 Å². The Bertz CT molecular complexity index is 702. The smallest absolute Gasteiger partial charge is 0.317 e. The highest BCUT2D eigenvalue weighted by molar-refractivity contribution is 7.91. The zero-order chi connectivity index (χ0) is 17.2. The number of aliphatic hydroxyl groups is 1. The first-order valence-corrected chi connectivity index (χ1v) is 8.58. The molecule has 1 aromatic carbocycles. The lowest BCUT2D eigenvalue weighted by Gasteiger charge is -2.28. The summed E-state index contributed by atoms with van der Waals surface area (Å²) >= 11 is 0. The number of nitrogens with zero attached hydrogens (tertiary/aromatic N) is 2. The molecule has 0 aromatic heterocycles. The number of hydrogen-bond acceptors (Lipinski definition) is 7. The van der Waals surface area contributed by atoms with Gasteiger partial charge in [0.2, 0.25) is 0 Å². The number of hydrogen-bond donors (Lipinski definition) is 2. The number of benzene rings is 1. The second-order valence-corrected chi connectivity index (χ2v) is 7.59. The van der Waals surface area contributed by atoms with Crippen molar-refractivity contribution < 1.29 is 28.3 Å². The van der Waals surface area contributed by atoms with E-state index in [1.165, 1.54) is 29.2 Å². The predicted molar refractivity (Wildman–Crippen MR) is 79.6 cm³/mol. The number of sulfone groups is 1. The minimum atomic E-state index is -3.41. The summed E-state index contributed by atoms with van der Waals surface area (Å²) in [5.41, 5.74) is 0.496. The Labute approximate surface area is 132 Å². The summed E-state index contributed by atoms with van der Waals surface area (Å²) in [4.78, 5) is 22.4. The number of aliphatic hydroxyl groups excluding tert-OH is 1. The van der Waals surface area contributed by atoms with Crippen LogP contribution in [-0.4, -0.2) is 64.6 Å². The van der Waals surface area contributed by atoms with Crippen LogP contribution in [0, 0.1) is 10.1 Å². The third-order valence-electron chi connectivity index (χ3n) is 3.63. The standard InChI is InChI=1S/C13H16N2O7S/c16-12-8-23(21,22)7-11(12)14(6-13(17)18)5-9-1-3-10(4-2-9)15(19)20/h1-4,11-12,16H,5-8H2,(H,17,18)/t11-,12-/m0/s1. The van der Waals surface area contributed by atoms with Crippen LogP contribution in [0.3, 0.4) is 0 Å². The number of non-ortho nitro benzene ring substituents is 1. The van der Waals surface area contributed by atoms with Crippen LogP contribution in [0.1, 0.15) is 5.56 Å². The monoisotopic (exact) mass is 344 g/mol. The molecule has 0 radical (unpaired) electrons. The summed E-state index contributed by atoms with van der Waals surface area (Å²) in [6, 6.07) is 4.71. The van der Waals surface area contributed by atoms with E-state index in [1.807, 2.05) is 0 Å². The first kappa shape index (κ1) is 17.3. The van der Waals surface area contributed by atoms with Gasteiger partial charge in [-0.3, -0.25) is 19.8 Å². The zero-order valence-corrected chi connectivity index (χ0v) is 12.8. The first-order chi connectivity index (χ1) is 10.7. The van der Waals surface area contributed by atoms with E-state index >= 15 is 0 Å². The predicted octanol–water partition coefficient (Wildman–Crippen LogP) is -0.361. The molecule has 2 rings (SSSR count). The third-order valence-corrected chi connectivity index (χ3v) is 5.33. The van der Waals surface area contributed by atoms with Gasteiger partial charge in [-0.15, -0.1) is 0 Å². The third kappa shape index (κ3) is 4.47.